The van der Waals surface area contributed by atoms with Crippen LogP contribution >= 0.6 is 31.9 Å². The van der Waals surface area contributed by atoms with E-state index in [0.717, 1.165) is 0 Å². The fraction of sp³-hybridized carbons (Fsp3) is 0.538. The zero-order valence-electron chi connectivity index (χ0n) is 11.8. The number of hydrogen-bond acceptors (Lipinski definition) is 4. The molecule has 1 atom stereocenters. The van der Waals surface area contributed by atoms with E-state index in [-0.39, 0.29) is 16.5 Å². The number of nitrogens with one attached hydrogen (secondary N) is 1. The summed E-state index contributed by atoms with van der Waals surface area (Å²) in [6.07, 6.45) is 1.29. The molecule has 0 radical (unpaired) electrons. The van der Waals surface area contributed by atoms with E-state index in [0.29, 0.717) is 34.1 Å². The predicted molar refractivity (Wildman–Crippen MR) is 89.6 cm³/mol. The van der Waals surface area contributed by atoms with Gasteiger partial charge in [0.15, 0.2) is 0 Å². The second kappa shape index (κ2) is 6.16. The van der Waals surface area contributed by atoms with Gasteiger partial charge in [-0.15, -0.1) is 0 Å². The van der Waals surface area contributed by atoms with Crippen LogP contribution in [-0.2, 0) is 14.8 Å². The molecule has 1 unspecified atom stereocenters. The molecule has 0 saturated carbocycles. The summed E-state index contributed by atoms with van der Waals surface area (Å²) < 4.78 is 34.5. The van der Waals surface area contributed by atoms with Gasteiger partial charge in [0.2, 0.25) is 10.0 Å². The molecule has 1 aromatic carbocycles. The summed E-state index contributed by atoms with van der Waals surface area (Å²) in [5, 5.41) is 0. The van der Waals surface area contributed by atoms with Crippen molar-refractivity contribution in [3.8, 4) is 0 Å². The second-order valence-electron chi connectivity index (χ2n) is 5.73. The van der Waals surface area contributed by atoms with Gasteiger partial charge >= 0.3 is 0 Å². The van der Waals surface area contributed by atoms with Gasteiger partial charge < -0.3 is 10.5 Å². The standard InChI is InChI=1S/C13H18Br2N2O3S/c1-13(2)7-9(3-4-20-13)17-21(18,19)12-10(14)5-8(16)6-11(12)15/h5-6,9,17H,3-4,7,16H2,1-2H3. The maximum atomic E-state index is 12.6. The lowest BCUT2D eigenvalue weighted by molar-refractivity contribution is -0.0599. The average Bonchev–Trinajstić information content (AvgIpc) is 2.23. The highest BCUT2D eigenvalue weighted by molar-refractivity contribution is 9.11. The van der Waals surface area contributed by atoms with Gasteiger partial charge in [0, 0.05) is 27.3 Å². The molecule has 118 valence electrons. The summed E-state index contributed by atoms with van der Waals surface area (Å²) in [5.41, 5.74) is 5.87. The molecule has 1 heterocycles. The van der Waals surface area contributed by atoms with Crippen molar-refractivity contribution in [1.82, 2.24) is 4.72 Å². The minimum atomic E-state index is -3.64. The highest BCUT2D eigenvalue weighted by Gasteiger charge is 2.32. The Morgan fingerprint density at radius 3 is 2.43 bits per heavy atom. The van der Waals surface area contributed by atoms with Crippen molar-refractivity contribution in [2.75, 3.05) is 12.3 Å². The van der Waals surface area contributed by atoms with Crippen LogP contribution in [0.15, 0.2) is 26.0 Å². The molecular formula is C13H18Br2N2O3S. The fourth-order valence-corrected chi connectivity index (χ4v) is 6.34. The van der Waals surface area contributed by atoms with Crippen LogP contribution in [0.4, 0.5) is 5.69 Å². The minimum absolute atomic E-state index is 0.143. The topological polar surface area (TPSA) is 81.4 Å². The average molecular weight is 442 g/mol. The van der Waals surface area contributed by atoms with E-state index in [4.69, 9.17) is 10.5 Å². The van der Waals surface area contributed by atoms with E-state index < -0.39 is 10.0 Å². The lowest BCUT2D eigenvalue weighted by Gasteiger charge is -2.35. The summed E-state index contributed by atoms with van der Waals surface area (Å²) in [5.74, 6) is 0. The van der Waals surface area contributed by atoms with Crippen LogP contribution in [0.25, 0.3) is 0 Å². The van der Waals surface area contributed by atoms with Crippen molar-refractivity contribution in [1.29, 1.82) is 0 Å². The second-order valence-corrected chi connectivity index (χ2v) is 9.09. The predicted octanol–water partition coefficient (Wildman–Crippen LogP) is 3.03. The Kier molecular flexibility index (Phi) is 5.04. The van der Waals surface area contributed by atoms with Gasteiger partial charge in [-0.3, -0.25) is 0 Å². The van der Waals surface area contributed by atoms with E-state index >= 15 is 0 Å². The van der Waals surface area contributed by atoms with E-state index in [9.17, 15) is 8.42 Å². The molecule has 0 spiro atoms. The number of benzene rings is 1. The summed E-state index contributed by atoms with van der Waals surface area (Å²) in [6, 6.07) is 3.01. The van der Waals surface area contributed by atoms with Crippen molar-refractivity contribution in [3.63, 3.8) is 0 Å². The lowest BCUT2D eigenvalue weighted by atomic mass is 9.95. The fourth-order valence-electron chi connectivity index (χ4n) is 2.45. The Morgan fingerprint density at radius 1 is 1.33 bits per heavy atom. The first-order chi connectivity index (χ1) is 9.61. The highest BCUT2D eigenvalue weighted by atomic mass is 79.9. The van der Waals surface area contributed by atoms with Gasteiger partial charge in [-0.1, -0.05) is 0 Å². The molecular weight excluding hydrogens is 424 g/mol. The number of halogens is 2. The molecule has 21 heavy (non-hydrogen) atoms. The zero-order chi connectivity index (χ0) is 15.8. The van der Waals surface area contributed by atoms with Gasteiger partial charge in [-0.2, -0.15) is 0 Å². The quantitative estimate of drug-likeness (QED) is 0.706. The Balaban J connectivity index is 2.27. The van der Waals surface area contributed by atoms with Crippen molar-refractivity contribution >= 4 is 47.6 Å². The van der Waals surface area contributed by atoms with Gasteiger partial charge in [-0.25, -0.2) is 13.1 Å². The van der Waals surface area contributed by atoms with E-state index in [1.807, 2.05) is 13.8 Å². The van der Waals surface area contributed by atoms with Gasteiger partial charge in [0.05, 0.1) is 5.60 Å². The molecule has 2 rings (SSSR count). The minimum Gasteiger partial charge on any atom is -0.399 e. The first kappa shape index (κ1) is 17.2. The number of rotatable bonds is 3. The Bertz CT molecular complexity index is 624. The van der Waals surface area contributed by atoms with Crippen molar-refractivity contribution in [2.45, 2.75) is 43.2 Å². The molecule has 3 N–H and O–H groups in total. The zero-order valence-corrected chi connectivity index (χ0v) is 15.8. The molecule has 1 aliphatic rings. The summed E-state index contributed by atoms with van der Waals surface area (Å²) in [7, 11) is -3.64. The Labute approximate surface area is 141 Å². The van der Waals surface area contributed by atoms with Crippen molar-refractivity contribution in [2.24, 2.45) is 0 Å². The number of sulfonamides is 1. The third kappa shape index (κ3) is 4.19. The van der Waals surface area contributed by atoms with Gasteiger partial charge in [0.1, 0.15) is 4.90 Å². The largest absolute Gasteiger partial charge is 0.399 e. The van der Waals surface area contributed by atoms with Gasteiger partial charge in [0.25, 0.3) is 0 Å². The van der Waals surface area contributed by atoms with E-state index in [2.05, 4.69) is 36.6 Å². The van der Waals surface area contributed by atoms with Crippen LogP contribution in [0, 0.1) is 0 Å². The Hall–Kier alpha value is -0.150. The molecule has 8 heteroatoms. The van der Waals surface area contributed by atoms with Crippen LogP contribution in [0.5, 0.6) is 0 Å². The number of ether oxygens (including phenoxy) is 1. The first-order valence-electron chi connectivity index (χ1n) is 6.51. The smallest absolute Gasteiger partial charge is 0.243 e. The number of nitrogens with two attached hydrogens (primary N) is 1. The first-order valence-corrected chi connectivity index (χ1v) is 9.58. The number of hydrogen-bond donors (Lipinski definition) is 2. The normalized spacial score (nSPS) is 22.2. The van der Waals surface area contributed by atoms with Crippen LogP contribution in [0.3, 0.4) is 0 Å². The van der Waals surface area contributed by atoms with Crippen LogP contribution in [-0.4, -0.2) is 26.7 Å². The molecule has 0 aromatic heterocycles. The maximum absolute atomic E-state index is 12.6. The van der Waals surface area contributed by atoms with Gasteiger partial charge in [-0.05, 0) is 70.7 Å². The lowest BCUT2D eigenvalue weighted by Crippen LogP contribution is -2.45. The molecule has 0 amide bonds. The summed E-state index contributed by atoms with van der Waals surface area (Å²) in [4.78, 5) is 0.168. The summed E-state index contributed by atoms with van der Waals surface area (Å²) >= 11 is 6.53. The molecule has 1 aromatic rings. The number of anilines is 1. The summed E-state index contributed by atoms with van der Waals surface area (Å²) in [6.45, 7) is 4.47. The molecule has 1 fully saturated rings. The van der Waals surface area contributed by atoms with E-state index in [1.165, 1.54) is 0 Å². The Morgan fingerprint density at radius 2 is 1.90 bits per heavy atom. The van der Waals surface area contributed by atoms with Crippen LogP contribution < -0.4 is 10.5 Å². The maximum Gasteiger partial charge on any atom is 0.243 e. The third-order valence-electron chi connectivity index (χ3n) is 3.31. The molecule has 0 aliphatic carbocycles. The van der Waals surface area contributed by atoms with Crippen LogP contribution in [0.1, 0.15) is 26.7 Å². The SMILES string of the molecule is CC1(C)CC(NS(=O)(=O)c2c(Br)cc(N)cc2Br)CCO1. The van der Waals surface area contributed by atoms with E-state index in [1.54, 1.807) is 12.1 Å². The monoisotopic (exact) mass is 440 g/mol. The molecule has 0 bridgehead atoms. The number of nitrogen functional groups attached to an aromatic ring is 1. The molecule has 5 nitrogen and oxygen atoms in total. The molecule has 1 saturated heterocycles. The van der Waals surface area contributed by atoms with Crippen LogP contribution in [0.2, 0.25) is 0 Å². The van der Waals surface area contributed by atoms with Crippen molar-refractivity contribution in [3.05, 3.63) is 21.1 Å². The third-order valence-corrected chi connectivity index (χ3v) is 6.70. The molecule has 1 aliphatic heterocycles. The van der Waals surface area contributed by atoms with Crippen molar-refractivity contribution < 1.29 is 13.2 Å². The highest BCUT2D eigenvalue weighted by Crippen LogP contribution is 2.33.